The smallest absolute Gasteiger partial charge is 0.289 e. The number of furan rings is 1. The first-order valence-corrected chi connectivity index (χ1v) is 5.87. The first-order valence-electron chi connectivity index (χ1n) is 5.87. The number of amides is 1. The van der Waals surface area contributed by atoms with Crippen LogP contribution in [0.3, 0.4) is 0 Å². The van der Waals surface area contributed by atoms with Crippen molar-refractivity contribution in [1.29, 1.82) is 0 Å². The van der Waals surface area contributed by atoms with Crippen LogP contribution in [0, 0.1) is 0 Å². The number of likely N-dealkylation sites (tertiary alicyclic amines) is 1. The summed E-state index contributed by atoms with van der Waals surface area (Å²) in [4.78, 5) is 14.0. The second-order valence-electron chi connectivity index (χ2n) is 4.20. The van der Waals surface area contributed by atoms with Crippen molar-refractivity contribution < 1.29 is 9.21 Å². The Morgan fingerprint density at radius 1 is 1.62 bits per heavy atom. The summed E-state index contributed by atoms with van der Waals surface area (Å²) in [6, 6.07) is 3.82. The number of nitrogens with two attached hydrogens (primary N) is 1. The minimum atomic E-state index is 0.0181. The Bertz CT molecular complexity index is 335. The van der Waals surface area contributed by atoms with Crippen LogP contribution >= 0.6 is 0 Å². The van der Waals surface area contributed by atoms with Gasteiger partial charge in [-0.3, -0.25) is 4.79 Å². The van der Waals surface area contributed by atoms with E-state index in [1.54, 1.807) is 12.1 Å². The van der Waals surface area contributed by atoms with Crippen LogP contribution in [0.5, 0.6) is 0 Å². The normalized spacial score (nSPS) is 20.3. The van der Waals surface area contributed by atoms with Crippen LogP contribution < -0.4 is 5.73 Å². The van der Waals surface area contributed by atoms with Gasteiger partial charge in [-0.25, -0.2) is 0 Å². The molecule has 2 N–H and O–H groups in total. The van der Waals surface area contributed by atoms with Gasteiger partial charge < -0.3 is 15.1 Å². The molecule has 1 aliphatic heterocycles. The van der Waals surface area contributed by atoms with Crippen LogP contribution in [-0.2, 0) is 0 Å². The summed E-state index contributed by atoms with van der Waals surface area (Å²) >= 11 is 0. The second kappa shape index (κ2) is 5.16. The largest absolute Gasteiger partial charge is 0.459 e. The highest BCUT2D eigenvalue weighted by Gasteiger charge is 2.29. The van der Waals surface area contributed by atoms with Crippen LogP contribution in [0.2, 0.25) is 0 Å². The van der Waals surface area contributed by atoms with Gasteiger partial charge in [-0.1, -0.05) is 0 Å². The van der Waals surface area contributed by atoms with Crippen LogP contribution in [0.25, 0.3) is 0 Å². The third-order valence-corrected chi connectivity index (χ3v) is 3.11. The molecular weight excluding hydrogens is 204 g/mol. The molecule has 1 atom stereocenters. The molecular formula is C12H18N2O2. The minimum Gasteiger partial charge on any atom is -0.459 e. The Hall–Kier alpha value is -1.29. The van der Waals surface area contributed by atoms with Crippen molar-refractivity contribution in [3.63, 3.8) is 0 Å². The summed E-state index contributed by atoms with van der Waals surface area (Å²) < 4.78 is 5.14. The molecule has 2 heterocycles. The summed E-state index contributed by atoms with van der Waals surface area (Å²) in [6.45, 7) is 1.54. The monoisotopic (exact) mass is 222 g/mol. The van der Waals surface area contributed by atoms with E-state index in [4.69, 9.17) is 10.2 Å². The molecule has 1 amide bonds. The van der Waals surface area contributed by atoms with Crippen LogP contribution in [-0.4, -0.2) is 29.9 Å². The molecule has 1 saturated heterocycles. The number of rotatable bonds is 4. The third-order valence-electron chi connectivity index (χ3n) is 3.11. The molecule has 4 heteroatoms. The van der Waals surface area contributed by atoms with Gasteiger partial charge in [0.2, 0.25) is 0 Å². The second-order valence-corrected chi connectivity index (χ2v) is 4.20. The fraction of sp³-hybridized carbons (Fsp3) is 0.583. The first-order chi connectivity index (χ1) is 7.83. The lowest BCUT2D eigenvalue weighted by atomic mass is 10.1. The quantitative estimate of drug-likeness (QED) is 0.842. The average molecular weight is 222 g/mol. The number of nitrogens with zero attached hydrogens (tertiary/aromatic N) is 1. The predicted octanol–water partition coefficient (Wildman–Crippen LogP) is 1.62. The predicted molar refractivity (Wildman–Crippen MR) is 61.1 cm³/mol. The molecule has 0 aliphatic carbocycles. The van der Waals surface area contributed by atoms with Crippen molar-refractivity contribution in [2.45, 2.75) is 31.7 Å². The van der Waals surface area contributed by atoms with Crippen molar-refractivity contribution >= 4 is 5.91 Å². The zero-order valence-corrected chi connectivity index (χ0v) is 9.39. The van der Waals surface area contributed by atoms with E-state index in [2.05, 4.69) is 0 Å². The SMILES string of the molecule is NCCCC1CCCN1C(=O)c1ccco1. The van der Waals surface area contributed by atoms with Gasteiger partial charge in [-0.05, 0) is 44.4 Å². The summed E-state index contributed by atoms with van der Waals surface area (Å²) in [5.74, 6) is 0.462. The van der Waals surface area contributed by atoms with Crippen LogP contribution in [0.4, 0.5) is 0 Å². The van der Waals surface area contributed by atoms with Gasteiger partial charge >= 0.3 is 0 Å². The lowest BCUT2D eigenvalue weighted by Crippen LogP contribution is -2.35. The number of carbonyl (C=O) groups excluding carboxylic acids is 1. The van der Waals surface area contributed by atoms with Gasteiger partial charge in [0, 0.05) is 12.6 Å². The van der Waals surface area contributed by atoms with E-state index in [1.165, 1.54) is 6.26 Å². The van der Waals surface area contributed by atoms with Gasteiger partial charge in [0.25, 0.3) is 5.91 Å². The van der Waals surface area contributed by atoms with Crippen molar-refractivity contribution in [2.75, 3.05) is 13.1 Å². The summed E-state index contributed by atoms with van der Waals surface area (Å²) in [5, 5.41) is 0. The highest BCUT2D eigenvalue weighted by atomic mass is 16.3. The Morgan fingerprint density at radius 3 is 3.19 bits per heavy atom. The maximum Gasteiger partial charge on any atom is 0.289 e. The molecule has 2 rings (SSSR count). The zero-order valence-electron chi connectivity index (χ0n) is 9.39. The molecule has 1 aliphatic rings. The van der Waals surface area contributed by atoms with Gasteiger partial charge in [0.05, 0.1) is 6.26 Å². The lowest BCUT2D eigenvalue weighted by Gasteiger charge is -2.23. The van der Waals surface area contributed by atoms with E-state index in [9.17, 15) is 4.79 Å². The maximum atomic E-state index is 12.1. The van der Waals surface area contributed by atoms with E-state index in [0.29, 0.717) is 18.3 Å². The van der Waals surface area contributed by atoms with Gasteiger partial charge in [0.1, 0.15) is 0 Å². The summed E-state index contributed by atoms with van der Waals surface area (Å²) in [6.07, 6.45) is 5.70. The van der Waals surface area contributed by atoms with Crippen molar-refractivity contribution in [3.05, 3.63) is 24.2 Å². The molecule has 0 radical (unpaired) electrons. The molecule has 0 bridgehead atoms. The molecule has 0 saturated carbocycles. The summed E-state index contributed by atoms with van der Waals surface area (Å²) in [5.41, 5.74) is 5.50. The number of hydrogen-bond acceptors (Lipinski definition) is 3. The maximum absolute atomic E-state index is 12.1. The Labute approximate surface area is 95.4 Å². The van der Waals surface area contributed by atoms with E-state index in [0.717, 1.165) is 32.2 Å². The molecule has 0 spiro atoms. The van der Waals surface area contributed by atoms with E-state index >= 15 is 0 Å². The molecule has 4 nitrogen and oxygen atoms in total. The highest BCUT2D eigenvalue weighted by molar-refractivity contribution is 5.91. The Kier molecular flexibility index (Phi) is 3.62. The van der Waals surface area contributed by atoms with Crippen molar-refractivity contribution in [1.82, 2.24) is 4.90 Å². The lowest BCUT2D eigenvalue weighted by molar-refractivity contribution is 0.0697. The molecule has 16 heavy (non-hydrogen) atoms. The van der Waals surface area contributed by atoms with Gasteiger partial charge in [0.15, 0.2) is 5.76 Å². The molecule has 88 valence electrons. The molecule has 0 aromatic carbocycles. The average Bonchev–Trinajstić information content (AvgIpc) is 2.96. The van der Waals surface area contributed by atoms with Gasteiger partial charge in [-0.15, -0.1) is 0 Å². The van der Waals surface area contributed by atoms with E-state index in [-0.39, 0.29) is 5.91 Å². The van der Waals surface area contributed by atoms with Crippen LogP contribution in [0.15, 0.2) is 22.8 Å². The molecule has 1 unspecified atom stereocenters. The van der Waals surface area contributed by atoms with Crippen LogP contribution in [0.1, 0.15) is 36.2 Å². The Balaban J connectivity index is 1.99. The Morgan fingerprint density at radius 2 is 2.50 bits per heavy atom. The fourth-order valence-corrected chi connectivity index (χ4v) is 2.30. The minimum absolute atomic E-state index is 0.0181. The van der Waals surface area contributed by atoms with E-state index < -0.39 is 0 Å². The van der Waals surface area contributed by atoms with E-state index in [1.807, 2.05) is 4.90 Å². The summed E-state index contributed by atoms with van der Waals surface area (Å²) in [7, 11) is 0. The highest BCUT2D eigenvalue weighted by Crippen LogP contribution is 2.23. The topological polar surface area (TPSA) is 59.5 Å². The molecule has 1 aromatic rings. The number of hydrogen-bond donors (Lipinski definition) is 1. The van der Waals surface area contributed by atoms with Gasteiger partial charge in [-0.2, -0.15) is 0 Å². The fourth-order valence-electron chi connectivity index (χ4n) is 2.30. The molecule has 1 fully saturated rings. The van der Waals surface area contributed by atoms with Crippen molar-refractivity contribution in [2.24, 2.45) is 5.73 Å². The number of carbonyl (C=O) groups is 1. The zero-order chi connectivity index (χ0) is 11.4. The standard InChI is InChI=1S/C12H18N2O2/c13-7-1-4-10-5-2-8-14(10)12(15)11-6-3-9-16-11/h3,6,9-10H,1-2,4-5,7-8,13H2. The van der Waals surface area contributed by atoms with Crippen molar-refractivity contribution in [3.8, 4) is 0 Å². The first kappa shape index (κ1) is 11.2. The molecule has 1 aromatic heterocycles. The third kappa shape index (κ3) is 2.27.